The molecular formula is C12H10F2N2OS. The number of rotatable bonds is 2. The van der Waals surface area contributed by atoms with Crippen molar-refractivity contribution >= 4 is 23.4 Å². The molecule has 0 aromatic heterocycles. The van der Waals surface area contributed by atoms with Crippen LogP contribution in [0.4, 0.5) is 14.5 Å². The topological polar surface area (TPSA) is 52.9 Å². The van der Waals surface area contributed by atoms with E-state index >= 15 is 0 Å². The number of fused-ring (bicyclic) bond motifs is 1. The van der Waals surface area contributed by atoms with Crippen molar-refractivity contribution < 1.29 is 13.6 Å². The Hall–Kier alpha value is -1.61. The Balaban J connectivity index is 2.37. The second kappa shape index (κ2) is 4.58. The minimum Gasteiger partial charge on any atom is -0.324 e. The molecule has 1 aromatic rings. The highest BCUT2D eigenvalue weighted by Gasteiger charge is 2.33. The van der Waals surface area contributed by atoms with Crippen molar-refractivity contribution in [2.75, 3.05) is 5.32 Å². The van der Waals surface area contributed by atoms with Crippen LogP contribution in [0.3, 0.4) is 0 Å². The zero-order valence-electron chi connectivity index (χ0n) is 9.54. The van der Waals surface area contributed by atoms with Crippen molar-refractivity contribution in [3.05, 3.63) is 23.8 Å². The highest BCUT2D eigenvalue weighted by molar-refractivity contribution is 8.00. The monoisotopic (exact) mass is 268 g/mol. The van der Waals surface area contributed by atoms with Gasteiger partial charge in [0.05, 0.1) is 17.0 Å². The number of hydrogen-bond donors (Lipinski definition) is 1. The van der Waals surface area contributed by atoms with Crippen LogP contribution in [0.25, 0.3) is 0 Å². The molecule has 94 valence electrons. The highest BCUT2D eigenvalue weighted by atomic mass is 32.2. The highest BCUT2D eigenvalue weighted by Crippen LogP contribution is 2.40. The third-order valence-electron chi connectivity index (χ3n) is 2.63. The second-order valence-electron chi connectivity index (χ2n) is 4.00. The summed E-state index contributed by atoms with van der Waals surface area (Å²) in [6.45, 7) is 1.75. The van der Waals surface area contributed by atoms with E-state index in [1.807, 2.05) is 0 Å². The Bertz CT molecular complexity index is 539. The molecule has 0 saturated carbocycles. The predicted octanol–water partition coefficient (Wildman–Crippen LogP) is 3.12. The fraction of sp³-hybridized carbons (Fsp3) is 0.333. The fourth-order valence-electron chi connectivity index (χ4n) is 1.64. The van der Waals surface area contributed by atoms with Crippen LogP contribution >= 0.6 is 11.8 Å². The number of benzene rings is 1. The molecule has 1 atom stereocenters. The predicted molar refractivity (Wildman–Crippen MR) is 64.5 cm³/mol. The molecule has 0 saturated heterocycles. The zero-order chi connectivity index (χ0) is 13.3. The van der Waals surface area contributed by atoms with Crippen molar-refractivity contribution in [2.24, 2.45) is 0 Å². The van der Waals surface area contributed by atoms with Crippen LogP contribution in [0, 0.1) is 11.3 Å². The molecular weight excluding hydrogens is 258 g/mol. The number of carbonyl (C=O) groups is 1. The number of thioether (sulfide) groups is 1. The normalized spacial score (nSPS) is 18.8. The minimum absolute atomic E-state index is 0.201. The van der Waals surface area contributed by atoms with Gasteiger partial charge in [-0.3, -0.25) is 4.79 Å². The average Bonchev–Trinajstić information content (AvgIpc) is 2.30. The first kappa shape index (κ1) is 12.8. The molecule has 18 heavy (non-hydrogen) atoms. The summed E-state index contributed by atoms with van der Waals surface area (Å²) in [7, 11) is 0. The summed E-state index contributed by atoms with van der Waals surface area (Å²) in [5, 5.41) is 10.7. The van der Waals surface area contributed by atoms with E-state index in [0.717, 1.165) is 4.90 Å². The van der Waals surface area contributed by atoms with E-state index in [-0.39, 0.29) is 16.7 Å². The lowest BCUT2D eigenvalue weighted by Gasteiger charge is -2.23. The van der Waals surface area contributed by atoms with Crippen molar-refractivity contribution in [2.45, 2.75) is 29.4 Å². The summed E-state index contributed by atoms with van der Waals surface area (Å²) in [6, 6.07) is 5.55. The molecule has 1 N–H and O–H groups in total. The maximum absolute atomic E-state index is 13.6. The lowest BCUT2D eigenvalue weighted by atomic mass is 10.1. The van der Waals surface area contributed by atoms with Crippen LogP contribution in [0.1, 0.15) is 18.9 Å². The van der Waals surface area contributed by atoms with E-state index in [1.54, 1.807) is 13.0 Å². The van der Waals surface area contributed by atoms with E-state index < -0.39 is 12.3 Å². The molecule has 0 spiro atoms. The third kappa shape index (κ3) is 2.31. The maximum atomic E-state index is 13.6. The molecule has 1 aliphatic heterocycles. The van der Waals surface area contributed by atoms with Gasteiger partial charge in [-0.25, -0.2) is 8.78 Å². The molecule has 1 heterocycles. The van der Waals surface area contributed by atoms with Gasteiger partial charge in [0.1, 0.15) is 6.42 Å². The van der Waals surface area contributed by atoms with Crippen LogP contribution in [-0.2, 0) is 10.7 Å². The number of halogens is 2. The standard InChI is InChI=1S/C12H10F2N2OS/c1-7-11(17)16-9-6-8(2-3-10(9)18-7)12(13,14)4-5-15/h2-3,6-7H,4H2,1H3,(H,16,17). The fourth-order valence-corrected chi connectivity index (χ4v) is 2.57. The molecule has 0 aliphatic carbocycles. The Kier molecular flexibility index (Phi) is 3.26. The summed E-state index contributed by atoms with van der Waals surface area (Å²) in [5.74, 6) is -3.39. The Morgan fingerprint density at radius 2 is 2.28 bits per heavy atom. The molecule has 0 bridgehead atoms. The molecule has 6 heteroatoms. The number of carbonyl (C=O) groups excluding carboxylic acids is 1. The molecule has 0 radical (unpaired) electrons. The van der Waals surface area contributed by atoms with Gasteiger partial charge in [-0.2, -0.15) is 5.26 Å². The number of nitriles is 1. The van der Waals surface area contributed by atoms with Crippen LogP contribution in [0.2, 0.25) is 0 Å². The van der Waals surface area contributed by atoms with Crippen molar-refractivity contribution in [3.63, 3.8) is 0 Å². The molecule has 1 amide bonds. The summed E-state index contributed by atoms with van der Waals surface area (Å²) in [6.07, 6.45) is -0.872. The van der Waals surface area contributed by atoms with Gasteiger partial charge in [0.2, 0.25) is 5.91 Å². The SMILES string of the molecule is CC1Sc2ccc(C(F)(F)CC#N)cc2NC1=O. The summed E-state index contributed by atoms with van der Waals surface area (Å²) >= 11 is 1.33. The number of alkyl halides is 2. The maximum Gasteiger partial charge on any atom is 0.286 e. The first-order valence-corrected chi connectivity index (χ1v) is 6.19. The van der Waals surface area contributed by atoms with Crippen LogP contribution < -0.4 is 5.32 Å². The van der Waals surface area contributed by atoms with E-state index in [0.29, 0.717) is 5.69 Å². The molecule has 3 nitrogen and oxygen atoms in total. The van der Waals surface area contributed by atoms with Gasteiger partial charge in [-0.15, -0.1) is 11.8 Å². The molecule has 0 fully saturated rings. The Morgan fingerprint density at radius 3 is 2.94 bits per heavy atom. The largest absolute Gasteiger partial charge is 0.324 e. The van der Waals surface area contributed by atoms with E-state index in [9.17, 15) is 13.6 Å². The first-order chi connectivity index (χ1) is 8.44. The number of nitrogens with zero attached hydrogens (tertiary/aromatic N) is 1. The number of anilines is 1. The van der Waals surface area contributed by atoms with Crippen molar-refractivity contribution in [1.29, 1.82) is 5.26 Å². The van der Waals surface area contributed by atoms with Gasteiger partial charge < -0.3 is 5.32 Å². The van der Waals surface area contributed by atoms with Gasteiger partial charge in [0.25, 0.3) is 5.92 Å². The molecule has 1 unspecified atom stereocenters. The van der Waals surface area contributed by atoms with Crippen molar-refractivity contribution in [1.82, 2.24) is 0 Å². The van der Waals surface area contributed by atoms with Crippen LogP contribution in [0.15, 0.2) is 23.1 Å². The smallest absolute Gasteiger partial charge is 0.286 e. The number of amides is 1. The summed E-state index contributed by atoms with van der Waals surface area (Å²) in [4.78, 5) is 12.2. The van der Waals surface area contributed by atoms with E-state index in [1.165, 1.54) is 30.0 Å². The lowest BCUT2D eigenvalue weighted by Crippen LogP contribution is -2.26. The lowest BCUT2D eigenvalue weighted by molar-refractivity contribution is -0.115. The van der Waals surface area contributed by atoms with Gasteiger partial charge in [-0.1, -0.05) is 6.07 Å². The van der Waals surface area contributed by atoms with Gasteiger partial charge in [0, 0.05) is 10.5 Å². The molecule has 1 aromatic carbocycles. The Morgan fingerprint density at radius 1 is 1.56 bits per heavy atom. The first-order valence-electron chi connectivity index (χ1n) is 5.31. The summed E-state index contributed by atoms with van der Waals surface area (Å²) < 4.78 is 27.1. The quantitative estimate of drug-likeness (QED) is 0.896. The number of nitrogens with one attached hydrogen (secondary N) is 1. The van der Waals surface area contributed by atoms with Gasteiger partial charge in [0.15, 0.2) is 0 Å². The van der Waals surface area contributed by atoms with Crippen molar-refractivity contribution in [3.8, 4) is 6.07 Å². The van der Waals surface area contributed by atoms with Crippen LogP contribution in [-0.4, -0.2) is 11.2 Å². The van der Waals surface area contributed by atoms with Gasteiger partial charge >= 0.3 is 0 Å². The molecule has 2 rings (SSSR count). The van der Waals surface area contributed by atoms with E-state index in [4.69, 9.17) is 5.26 Å². The summed E-state index contributed by atoms with van der Waals surface area (Å²) in [5.41, 5.74) is 0.136. The third-order valence-corrected chi connectivity index (χ3v) is 3.81. The van der Waals surface area contributed by atoms with Crippen LogP contribution in [0.5, 0.6) is 0 Å². The molecule has 1 aliphatic rings. The average molecular weight is 268 g/mol. The van der Waals surface area contributed by atoms with Gasteiger partial charge in [-0.05, 0) is 19.1 Å². The Labute approximate surface area is 107 Å². The zero-order valence-corrected chi connectivity index (χ0v) is 10.4. The number of hydrogen-bond acceptors (Lipinski definition) is 3. The van der Waals surface area contributed by atoms with E-state index in [2.05, 4.69) is 5.32 Å². The minimum atomic E-state index is -3.19. The second-order valence-corrected chi connectivity index (χ2v) is 5.38.